The Hall–Kier alpha value is -4.17. The fraction of sp³-hybridized carbons (Fsp3) is 0.226. The number of hydrogen-bond acceptors (Lipinski definition) is 6. The molecule has 7 nitrogen and oxygen atoms in total. The number of carbonyl (C=O) groups excluding carboxylic acids is 1. The number of rotatable bonds is 6. The predicted octanol–water partition coefficient (Wildman–Crippen LogP) is 6.88. The van der Waals surface area contributed by atoms with Crippen LogP contribution in [0.1, 0.15) is 37.7 Å². The molecule has 3 heterocycles. The number of pyridine rings is 1. The lowest BCUT2D eigenvalue weighted by atomic mass is 9.94. The van der Waals surface area contributed by atoms with Crippen LogP contribution in [0.5, 0.6) is 5.75 Å². The van der Waals surface area contributed by atoms with Crippen molar-refractivity contribution in [2.45, 2.75) is 38.1 Å². The van der Waals surface area contributed by atoms with Crippen molar-refractivity contribution in [1.82, 2.24) is 19.7 Å². The Kier molecular flexibility index (Phi) is 7.27. The fourth-order valence-corrected chi connectivity index (χ4v) is 6.13. The Morgan fingerprint density at radius 3 is 2.51 bits per heavy atom. The minimum atomic E-state index is 0.00248. The topological polar surface area (TPSA) is 72.6 Å². The van der Waals surface area contributed by atoms with Crippen molar-refractivity contribution in [2.75, 3.05) is 7.11 Å². The second-order valence-corrected chi connectivity index (χ2v) is 10.6. The second kappa shape index (κ2) is 11.3. The van der Waals surface area contributed by atoms with Gasteiger partial charge in [0.2, 0.25) is 0 Å². The number of amides is 1. The molecule has 0 radical (unpaired) electrons. The SMILES string of the molecule is COc1ccc(-c2nn(-c3ccccc3)cc2/C=C2\SC(=Nc3cccnc3)N(C3CCCCC3)C2=O)cc1. The maximum absolute atomic E-state index is 13.9. The van der Waals surface area contributed by atoms with Crippen LogP contribution in [0.25, 0.3) is 23.0 Å². The largest absolute Gasteiger partial charge is 0.497 e. The van der Waals surface area contributed by atoms with E-state index in [0.29, 0.717) is 10.1 Å². The molecule has 2 aliphatic rings. The molecule has 4 aromatic rings. The molecule has 0 spiro atoms. The molecule has 2 fully saturated rings. The zero-order valence-corrected chi connectivity index (χ0v) is 22.6. The molecule has 0 atom stereocenters. The van der Waals surface area contributed by atoms with E-state index in [9.17, 15) is 4.79 Å². The zero-order valence-electron chi connectivity index (χ0n) is 21.7. The first kappa shape index (κ1) is 25.1. The van der Waals surface area contributed by atoms with E-state index in [-0.39, 0.29) is 11.9 Å². The molecule has 2 aromatic heterocycles. The summed E-state index contributed by atoms with van der Waals surface area (Å²) in [6.45, 7) is 0. The number of methoxy groups -OCH3 is 1. The van der Waals surface area contributed by atoms with Crippen molar-refractivity contribution in [1.29, 1.82) is 0 Å². The van der Waals surface area contributed by atoms with Gasteiger partial charge in [-0.25, -0.2) is 9.67 Å². The van der Waals surface area contributed by atoms with Gasteiger partial charge in [-0.15, -0.1) is 0 Å². The smallest absolute Gasteiger partial charge is 0.267 e. The van der Waals surface area contributed by atoms with E-state index in [4.69, 9.17) is 14.8 Å². The van der Waals surface area contributed by atoms with E-state index in [0.717, 1.165) is 59.6 Å². The van der Waals surface area contributed by atoms with E-state index in [1.54, 1.807) is 19.5 Å². The van der Waals surface area contributed by atoms with E-state index in [2.05, 4.69) is 4.98 Å². The molecule has 0 bridgehead atoms. The normalized spacial score (nSPS) is 18.3. The number of benzene rings is 2. The zero-order chi connectivity index (χ0) is 26.6. The molecule has 1 saturated carbocycles. The standard InChI is InChI=1S/C31H29N5O2S/c1-38-27-16-14-22(15-17-27)29-23(21-35(34-29)25-10-4-2-5-11-25)19-28-30(37)36(26-12-6-3-7-13-26)31(39-28)33-24-9-8-18-32-20-24/h2,4-5,8-11,14-21,26H,3,6-7,12-13H2,1H3/b28-19-,33-31?. The molecule has 1 aliphatic heterocycles. The van der Waals surface area contributed by atoms with Crippen molar-refractivity contribution < 1.29 is 9.53 Å². The van der Waals surface area contributed by atoms with Gasteiger partial charge in [-0.2, -0.15) is 5.10 Å². The quantitative estimate of drug-likeness (QED) is 0.252. The number of aromatic nitrogens is 3. The first-order valence-electron chi connectivity index (χ1n) is 13.2. The molecule has 1 aliphatic carbocycles. The summed E-state index contributed by atoms with van der Waals surface area (Å²) in [5.74, 6) is 0.782. The highest BCUT2D eigenvalue weighted by molar-refractivity contribution is 8.18. The van der Waals surface area contributed by atoms with Crippen molar-refractivity contribution in [3.05, 3.63) is 95.8 Å². The number of hydrogen-bond donors (Lipinski definition) is 0. The first-order chi connectivity index (χ1) is 19.2. The summed E-state index contributed by atoms with van der Waals surface area (Å²) in [6.07, 6.45) is 12.9. The molecule has 0 unspecified atom stereocenters. The van der Waals surface area contributed by atoms with Gasteiger partial charge in [-0.05, 0) is 79.2 Å². The number of thioether (sulfide) groups is 1. The third-order valence-corrected chi connectivity index (χ3v) is 8.04. The summed E-state index contributed by atoms with van der Waals surface area (Å²) < 4.78 is 7.21. The van der Waals surface area contributed by atoms with Crippen LogP contribution in [0.15, 0.2) is 95.2 Å². The highest BCUT2D eigenvalue weighted by atomic mass is 32.2. The number of ether oxygens (including phenoxy) is 1. The van der Waals surface area contributed by atoms with E-state index in [1.165, 1.54) is 18.2 Å². The highest BCUT2D eigenvalue weighted by Crippen LogP contribution is 2.39. The van der Waals surface area contributed by atoms with Gasteiger partial charge in [0.1, 0.15) is 5.75 Å². The minimum Gasteiger partial charge on any atom is -0.497 e. The summed E-state index contributed by atoms with van der Waals surface area (Å²) >= 11 is 1.43. The van der Waals surface area contributed by atoms with Gasteiger partial charge in [0.05, 0.1) is 35.3 Å². The number of carbonyl (C=O) groups is 1. The van der Waals surface area contributed by atoms with E-state index < -0.39 is 0 Å². The lowest BCUT2D eigenvalue weighted by molar-refractivity contribution is -0.124. The molecule has 1 amide bonds. The highest BCUT2D eigenvalue weighted by Gasteiger charge is 2.39. The average molecular weight is 536 g/mol. The Labute approximate surface area is 232 Å². The van der Waals surface area contributed by atoms with Crippen LogP contribution in [-0.2, 0) is 4.79 Å². The van der Waals surface area contributed by atoms with Gasteiger partial charge < -0.3 is 4.74 Å². The first-order valence-corrected chi connectivity index (χ1v) is 14.0. The lowest BCUT2D eigenvalue weighted by Crippen LogP contribution is -2.40. The Balaban J connectivity index is 1.42. The molecule has 6 rings (SSSR count). The van der Waals surface area contributed by atoms with Crippen LogP contribution in [-0.4, -0.2) is 43.9 Å². The van der Waals surface area contributed by atoms with Crippen molar-refractivity contribution in [3.63, 3.8) is 0 Å². The van der Waals surface area contributed by atoms with Crippen molar-refractivity contribution in [3.8, 4) is 22.7 Å². The third kappa shape index (κ3) is 5.38. The van der Waals surface area contributed by atoms with Crippen LogP contribution in [0.4, 0.5) is 5.69 Å². The summed E-state index contributed by atoms with van der Waals surface area (Å²) in [4.78, 5) is 25.5. The molecule has 1 saturated heterocycles. The monoisotopic (exact) mass is 535 g/mol. The molecule has 39 heavy (non-hydrogen) atoms. The number of amidine groups is 1. The van der Waals surface area contributed by atoms with Gasteiger partial charge in [0, 0.05) is 29.6 Å². The molecule has 0 N–H and O–H groups in total. The fourth-order valence-electron chi connectivity index (χ4n) is 5.08. The van der Waals surface area contributed by atoms with Gasteiger partial charge in [0.25, 0.3) is 5.91 Å². The van der Waals surface area contributed by atoms with Gasteiger partial charge in [0.15, 0.2) is 5.17 Å². The molecule has 2 aromatic carbocycles. The van der Waals surface area contributed by atoms with E-state index in [1.807, 2.05) is 88.6 Å². The van der Waals surface area contributed by atoms with Gasteiger partial charge in [-0.3, -0.25) is 14.7 Å². The Morgan fingerprint density at radius 1 is 1.00 bits per heavy atom. The number of nitrogens with zero attached hydrogens (tertiary/aromatic N) is 5. The maximum atomic E-state index is 13.9. The van der Waals surface area contributed by atoms with Crippen LogP contribution >= 0.6 is 11.8 Å². The third-order valence-electron chi connectivity index (χ3n) is 7.06. The minimum absolute atomic E-state index is 0.00248. The Bertz CT molecular complexity index is 1510. The summed E-state index contributed by atoms with van der Waals surface area (Å²) in [7, 11) is 1.65. The number of aliphatic imine (C=N–C) groups is 1. The summed E-state index contributed by atoms with van der Waals surface area (Å²) in [5, 5.41) is 5.64. The van der Waals surface area contributed by atoms with Crippen molar-refractivity contribution in [2.24, 2.45) is 4.99 Å². The molecular formula is C31H29N5O2S. The number of para-hydroxylation sites is 1. The van der Waals surface area contributed by atoms with Crippen LogP contribution < -0.4 is 4.74 Å². The molecule has 196 valence electrons. The van der Waals surface area contributed by atoms with Crippen molar-refractivity contribution >= 4 is 34.6 Å². The van der Waals surface area contributed by atoms with E-state index >= 15 is 0 Å². The van der Waals surface area contributed by atoms with Crippen LogP contribution in [0, 0.1) is 0 Å². The van der Waals surface area contributed by atoms with Gasteiger partial charge >= 0.3 is 0 Å². The van der Waals surface area contributed by atoms with Crippen LogP contribution in [0.3, 0.4) is 0 Å². The summed E-state index contributed by atoms with van der Waals surface area (Å²) in [5.41, 5.74) is 4.30. The summed E-state index contributed by atoms with van der Waals surface area (Å²) in [6, 6.07) is 21.8. The average Bonchev–Trinajstić information content (AvgIpc) is 3.55. The molecule has 8 heteroatoms. The van der Waals surface area contributed by atoms with Gasteiger partial charge in [-0.1, -0.05) is 37.5 Å². The van der Waals surface area contributed by atoms with Crippen LogP contribution in [0.2, 0.25) is 0 Å². The predicted molar refractivity (Wildman–Crippen MR) is 156 cm³/mol. The lowest BCUT2D eigenvalue weighted by Gasteiger charge is -2.30. The molecular weight excluding hydrogens is 506 g/mol. The second-order valence-electron chi connectivity index (χ2n) is 9.62. The maximum Gasteiger partial charge on any atom is 0.267 e. The Morgan fingerprint density at radius 2 is 1.79 bits per heavy atom.